The van der Waals surface area contributed by atoms with Gasteiger partial charge in [-0.1, -0.05) is 19.1 Å². The van der Waals surface area contributed by atoms with Crippen molar-refractivity contribution < 1.29 is 16.8 Å². The number of nitrogens with one attached hydrogen (secondary N) is 1. The molecule has 0 aliphatic heterocycles. The lowest BCUT2D eigenvalue weighted by Crippen LogP contribution is -2.33. The molecule has 0 unspecified atom stereocenters. The van der Waals surface area contributed by atoms with Gasteiger partial charge >= 0.3 is 0 Å². The van der Waals surface area contributed by atoms with Crippen LogP contribution in [-0.4, -0.2) is 29.1 Å². The lowest BCUT2D eigenvalue weighted by molar-refractivity contribution is 0.569. The van der Waals surface area contributed by atoms with E-state index < -0.39 is 25.1 Å². The van der Waals surface area contributed by atoms with Crippen molar-refractivity contribution in [2.45, 2.75) is 37.3 Å². The number of thiophene rings is 1. The normalized spacial score (nSPS) is 13.7. The maximum Gasteiger partial charge on any atom is 0.211 e. The number of hydrogen-bond donors (Lipinski definition) is 1. The molecule has 0 fully saturated rings. The number of sulfonamides is 1. The predicted molar refractivity (Wildman–Crippen MR) is 102 cm³/mol. The average Bonchev–Trinajstić information content (AvgIpc) is 3.03. The monoisotopic (exact) mass is 401 g/mol. The van der Waals surface area contributed by atoms with Crippen LogP contribution in [0.3, 0.4) is 0 Å². The fourth-order valence-electron chi connectivity index (χ4n) is 2.44. The van der Waals surface area contributed by atoms with Crippen LogP contribution in [0, 0.1) is 13.8 Å². The topological polar surface area (TPSA) is 80.3 Å². The minimum atomic E-state index is -3.72. The van der Waals surface area contributed by atoms with Gasteiger partial charge in [-0.05, 0) is 55.0 Å². The van der Waals surface area contributed by atoms with Gasteiger partial charge in [0.25, 0.3) is 0 Å². The second kappa shape index (κ2) is 7.99. The average molecular weight is 402 g/mol. The highest BCUT2D eigenvalue weighted by Crippen LogP contribution is 2.32. The SMILES string of the molecule is CCCS(=O)(=O)NC[C@H](c1cccs1)S(=O)(=O)c1ccc(C)c(C)c1. The number of benzene rings is 1. The standard InChI is InChI=1S/C17H23NO4S3/c1-4-10-24(19,20)18-12-17(16-6-5-9-23-16)25(21,22)15-8-7-13(2)14(3)11-15/h5-9,11,17-18H,4,10,12H2,1-3H3/t17-/m1/s1. The van der Waals surface area contributed by atoms with Crippen LogP contribution in [0.1, 0.15) is 34.6 Å². The molecule has 2 rings (SSSR count). The van der Waals surface area contributed by atoms with Crippen LogP contribution >= 0.6 is 11.3 Å². The first-order valence-corrected chi connectivity index (χ1v) is 12.1. The van der Waals surface area contributed by atoms with Crippen molar-refractivity contribution in [3.63, 3.8) is 0 Å². The summed E-state index contributed by atoms with van der Waals surface area (Å²) in [7, 11) is -7.20. The fourth-order valence-corrected chi connectivity index (χ4v) is 6.51. The van der Waals surface area contributed by atoms with Crippen molar-refractivity contribution >= 4 is 31.2 Å². The Kier molecular flexibility index (Phi) is 6.42. The Morgan fingerprint density at radius 3 is 2.36 bits per heavy atom. The van der Waals surface area contributed by atoms with Crippen molar-refractivity contribution in [2.75, 3.05) is 12.3 Å². The van der Waals surface area contributed by atoms with E-state index in [1.54, 1.807) is 42.6 Å². The van der Waals surface area contributed by atoms with Crippen LogP contribution in [0.2, 0.25) is 0 Å². The molecule has 0 amide bonds. The van der Waals surface area contributed by atoms with Crippen LogP contribution < -0.4 is 4.72 Å². The molecule has 1 atom stereocenters. The summed E-state index contributed by atoms with van der Waals surface area (Å²) in [5.41, 5.74) is 1.90. The van der Waals surface area contributed by atoms with Crippen molar-refractivity contribution in [3.8, 4) is 0 Å². The van der Waals surface area contributed by atoms with Gasteiger partial charge in [0.2, 0.25) is 10.0 Å². The van der Waals surface area contributed by atoms with Gasteiger partial charge in [0, 0.05) is 11.4 Å². The maximum absolute atomic E-state index is 13.1. The van der Waals surface area contributed by atoms with Crippen LogP contribution in [0.4, 0.5) is 0 Å². The van der Waals surface area contributed by atoms with E-state index in [4.69, 9.17) is 0 Å². The third kappa shape index (κ3) is 4.91. The molecular weight excluding hydrogens is 378 g/mol. The molecule has 8 heteroatoms. The Morgan fingerprint density at radius 1 is 1.08 bits per heavy atom. The molecule has 0 saturated heterocycles. The predicted octanol–water partition coefficient (Wildman–Crippen LogP) is 3.21. The second-order valence-corrected chi connectivity index (χ2v) is 11.0. The molecule has 0 bridgehead atoms. The van der Waals surface area contributed by atoms with E-state index in [0.29, 0.717) is 11.3 Å². The lowest BCUT2D eigenvalue weighted by atomic mass is 10.1. The summed E-state index contributed by atoms with van der Waals surface area (Å²) < 4.78 is 52.7. The molecule has 0 aliphatic rings. The summed E-state index contributed by atoms with van der Waals surface area (Å²) in [5.74, 6) is -0.0200. The first kappa shape index (κ1) is 20.1. The van der Waals surface area contributed by atoms with E-state index in [-0.39, 0.29) is 17.2 Å². The van der Waals surface area contributed by atoms with Gasteiger partial charge in [0.15, 0.2) is 9.84 Å². The molecule has 0 spiro atoms. The van der Waals surface area contributed by atoms with Gasteiger partial charge in [0.05, 0.1) is 10.6 Å². The third-order valence-electron chi connectivity index (χ3n) is 4.00. The van der Waals surface area contributed by atoms with Gasteiger partial charge in [-0.25, -0.2) is 21.6 Å². The van der Waals surface area contributed by atoms with Crippen molar-refractivity contribution in [2.24, 2.45) is 0 Å². The smallest absolute Gasteiger partial charge is 0.211 e. The zero-order valence-corrected chi connectivity index (χ0v) is 17.0. The number of aryl methyl sites for hydroxylation is 2. The first-order valence-electron chi connectivity index (χ1n) is 7.99. The van der Waals surface area contributed by atoms with E-state index in [9.17, 15) is 16.8 Å². The number of hydrogen-bond acceptors (Lipinski definition) is 5. The van der Waals surface area contributed by atoms with Crippen LogP contribution in [0.15, 0.2) is 40.6 Å². The highest BCUT2D eigenvalue weighted by atomic mass is 32.2. The summed E-state index contributed by atoms with van der Waals surface area (Å²) in [6.07, 6.45) is 0.475. The number of sulfone groups is 1. The molecule has 2 aromatic rings. The summed E-state index contributed by atoms with van der Waals surface area (Å²) in [5, 5.41) is 0.847. The fraction of sp³-hybridized carbons (Fsp3) is 0.412. The highest BCUT2D eigenvalue weighted by molar-refractivity contribution is 7.92. The van der Waals surface area contributed by atoms with Crippen LogP contribution in [0.5, 0.6) is 0 Å². The highest BCUT2D eigenvalue weighted by Gasteiger charge is 2.31. The van der Waals surface area contributed by atoms with Gasteiger partial charge < -0.3 is 0 Å². The Balaban J connectivity index is 2.39. The van der Waals surface area contributed by atoms with Gasteiger partial charge in [-0.15, -0.1) is 11.3 Å². The first-order chi connectivity index (χ1) is 11.7. The maximum atomic E-state index is 13.1. The third-order valence-corrected chi connectivity index (χ3v) is 8.77. The number of rotatable bonds is 8. The van der Waals surface area contributed by atoms with E-state index in [0.717, 1.165) is 11.1 Å². The molecule has 1 aromatic heterocycles. The van der Waals surface area contributed by atoms with E-state index in [1.165, 1.54) is 11.3 Å². The molecule has 0 saturated carbocycles. The molecular formula is C17H23NO4S3. The minimum Gasteiger partial charge on any atom is -0.223 e. The summed E-state index contributed by atoms with van der Waals surface area (Å²) in [6, 6.07) is 8.49. The molecule has 1 N–H and O–H groups in total. The van der Waals surface area contributed by atoms with Crippen LogP contribution in [-0.2, 0) is 19.9 Å². The Labute approximate surface area is 154 Å². The summed E-state index contributed by atoms with van der Waals surface area (Å²) in [4.78, 5) is 0.834. The molecule has 0 aliphatic carbocycles. The molecule has 25 heavy (non-hydrogen) atoms. The summed E-state index contributed by atoms with van der Waals surface area (Å²) >= 11 is 1.31. The van der Waals surface area contributed by atoms with Gasteiger partial charge in [-0.2, -0.15) is 0 Å². The molecule has 1 aromatic carbocycles. The summed E-state index contributed by atoms with van der Waals surface area (Å²) in [6.45, 7) is 5.37. The van der Waals surface area contributed by atoms with Gasteiger partial charge in [-0.3, -0.25) is 0 Å². The largest absolute Gasteiger partial charge is 0.223 e. The minimum absolute atomic E-state index is 0.0200. The lowest BCUT2D eigenvalue weighted by Gasteiger charge is -2.18. The Hall–Kier alpha value is -1.22. The Morgan fingerprint density at radius 2 is 1.80 bits per heavy atom. The van der Waals surface area contributed by atoms with Crippen molar-refractivity contribution in [1.82, 2.24) is 4.72 Å². The zero-order chi connectivity index (χ0) is 18.7. The second-order valence-electron chi connectivity index (χ2n) is 5.96. The van der Waals surface area contributed by atoms with Gasteiger partial charge in [0.1, 0.15) is 5.25 Å². The van der Waals surface area contributed by atoms with E-state index in [1.807, 2.05) is 13.8 Å². The van der Waals surface area contributed by atoms with Crippen molar-refractivity contribution in [1.29, 1.82) is 0 Å². The molecule has 1 heterocycles. The molecule has 0 radical (unpaired) electrons. The molecule has 138 valence electrons. The quantitative estimate of drug-likeness (QED) is 0.736. The Bertz CT molecular complexity index is 917. The molecule has 5 nitrogen and oxygen atoms in total. The van der Waals surface area contributed by atoms with E-state index >= 15 is 0 Å². The van der Waals surface area contributed by atoms with Crippen LogP contribution in [0.25, 0.3) is 0 Å². The zero-order valence-electron chi connectivity index (χ0n) is 14.5. The van der Waals surface area contributed by atoms with Crippen molar-refractivity contribution in [3.05, 3.63) is 51.7 Å². The van der Waals surface area contributed by atoms with E-state index in [2.05, 4.69) is 4.72 Å².